The topological polar surface area (TPSA) is 136 Å². The highest BCUT2D eigenvalue weighted by molar-refractivity contribution is 7.92. The van der Waals surface area contributed by atoms with Crippen molar-refractivity contribution in [2.45, 2.75) is 17.9 Å². The van der Waals surface area contributed by atoms with E-state index in [1.165, 1.54) is 16.8 Å². The van der Waals surface area contributed by atoms with Crippen molar-refractivity contribution in [3.05, 3.63) is 76.1 Å². The van der Waals surface area contributed by atoms with Crippen molar-refractivity contribution >= 4 is 44.6 Å². The maximum Gasteiger partial charge on any atom is 0.289 e. The fourth-order valence-corrected chi connectivity index (χ4v) is 3.81. The summed E-state index contributed by atoms with van der Waals surface area (Å²) in [6.45, 7) is 1.67. The van der Waals surface area contributed by atoms with Gasteiger partial charge in [-0.05, 0) is 43.3 Å². The third kappa shape index (κ3) is 4.75. The van der Waals surface area contributed by atoms with Crippen LogP contribution in [-0.4, -0.2) is 29.0 Å². The van der Waals surface area contributed by atoms with Gasteiger partial charge in [-0.1, -0.05) is 17.7 Å². The summed E-state index contributed by atoms with van der Waals surface area (Å²) in [4.78, 5) is 22.3. The largest absolute Gasteiger partial charge is 0.324 e. The van der Waals surface area contributed by atoms with E-state index < -0.39 is 26.7 Å². The lowest BCUT2D eigenvalue weighted by Gasteiger charge is -2.14. The van der Waals surface area contributed by atoms with Crippen LogP contribution in [0.1, 0.15) is 13.0 Å². The average Bonchev–Trinajstić information content (AvgIpc) is 3.22. The SMILES string of the molecule is CC(C(=O)Nc1cccc(NS(=O)(=O)c2ccc(Cl)c([N+](=O)[O-])c2)c1)n1cccn1. The van der Waals surface area contributed by atoms with Crippen molar-refractivity contribution in [3.63, 3.8) is 0 Å². The highest BCUT2D eigenvalue weighted by Gasteiger charge is 2.21. The second-order valence-corrected chi connectivity index (χ2v) is 8.30. The fourth-order valence-electron chi connectivity index (χ4n) is 2.55. The summed E-state index contributed by atoms with van der Waals surface area (Å²) in [5.41, 5.74) is 0.00611. The van der Waals surface area contributed by atoms with Crippen LogP contribution in [0.5, 0.6) is 0 Å². The van der Waals surface area contributed by atoms with Crippen LogP contribution in [0.25, 0.3) is 0 Å². The van der Waals surface area contributed by atoms with Crippen LogP contribution in [0.2, 0.25) is 5.02 Å². The molecule has 12 heteroatoms. The third-order valence-corrected chi connectivity index (χ3v) is 5.81. The molecule has 0 spiro atoms. The van der Waals surface area contributed by atoms with Gasteiger partial charge in [0.05, 0.1) is 15.5 Å². The van der Waals surface area contributed by atoms with Crippen LogP contribution in [0.15, 0.2) is 65.8 Å². The minimum Gasteiger partial charge on any atom is -0.324 e. The Bertz CT molecular complexity index is 1200. The lowest BCUT2D eigenvalue weighted by atomic mass is 10.2. The van der Waals surface area contributed by atoms with Crippen molar-refractivity contribution in [1.29, 1.82) is 0 Å². The Kier molecular flexibility index (Phi) is 6.04. The van der Waals surface area contributed by atoms with E-state index in [1.54, 1.807) is 37.5 Å². The van der Waals surface area contributed by atoms with E-state index >= 15 is 0 Å². The van der Waals surface area contributed by atoms with E-state index in [1.807, 2.05) is 0 Å². The number of sulfonamides is 1. The van der Waals surface area contributed by atoms with E-state index in [9.17, 15) is 23.3 Å². The molecular weight excluding hydrogens is 434 g/mol. The number of carbonyl (C=O) groups excluding carboxylic acids is 1. The molecule has 1 aromatic heterocycles. The predicted molar refractivity (Wildman–Crippen MR) is 111 cm³/mol. The molecule has 0 saturated heterocycles. The van der Waals surface area contributed by atoms with Crippen molar-refractivity contribution < 1.29 is 18.1 Å². The number of aromatic nitrogens is 2. The molecule has 1 heterocycles. The fraction of sp³-hybridized carbons (Fsp3) is 0.111. The van der Waals surface area contributed by atoms with Crippen LogP contribution < -0.4 is 10.0 Å². The van der Waals surface area contributed by atoms with Crippen molar-refractivity contribution in [2.24, 2.45) is 0 Å². The summed E-state index contributed by atoms with van der Waals surface area (Å²) >= 11 is 5.73. The first-order valence-electron chi connectivity index (χ1n) is 8.54. The molecule has 2 aromatic carbocycles. The molecule has 10 nitrogen and oxygen atoms in total. The van der Waals surface area contributed by atoms with Gasteiger partial charge in [0, 0.05) is 24.1 Å². The van der Waals surface area contributed by atoms with Gasteiger partial charge < -0.3 is 5.32 Å². The zero-order chi connectivity index (χ0) is 21.9. The first-order valence-corrected chi connectivity index (χ1v) is 10.4. The Balaban J connectivity index is 1.78. The standard InChI is InChI=1S/C18H16ClN5O5S/c1-12(23-9-3-8-20-23)18(25)21-13-4-2-5-14(10-13)22-30(28,29)15-6-7-16(19)17(11-15)24(26)27/h2-12,22H,1H3,(H,21,25). The summed E-state index contributed by atoms with van der Waals surface area (Å²) in [7, 11) is -4.12. The maximum atomic E-state index is 12.6. The zero-order valence-electron chi connectivity index (χ0n) is 15.5. The molecule has 0 radical (unpaired) electrons. The minimum absolute atomic E-state index is 0.164. The van der Waals surface area contributed by atoms with Gasteiger partial charge in [-0.2, -0.15) is 5.10 Å². The normalized spacial score (nSPS) is 12.2. The molecule has 0 aliphatic heterocycles. The summed E-state index contributed by atoms with van der Waals surface area (Å²) in [5, 5.41) is 17.5. The summed E-state index contributed by atoms with van der Waals surface area (Å²) in [6, 6.07) is 10.4. The Labute approximate surface area is 176 Å². The van der Waals surface area contributed by atoms with Gasteiger partial charge >= 0.3 is 0 Å². The van der Waals surface area contributed by atoms with E-state index in [0.717, 1.165) is 18.2 Å². The van der Waals surface area contributed by atoms with Crippen LogP contribution in [0.4, 0.5) is 17.1 Å². The first-order chi connectivity index (χ1) is 14.2. The molecule has 1 unspecified atom stereocenters. The Morgan fingerprint density at radius 3 is 2.60 bits per heavy atom. The number of benzene rings is 2. The van der Waals surface area contributed by atoms with Crippen LogP contribution in [-0.2, 0) is 14.8 Å². The van der Waals surface area contributed by atoms with Crippen LogP contribution >= 0.6 is 11.6 Å². The summed E-state index contributed by atoms with van der Waals surface area (Å²) < 4.78 is 29.0. The first kappa shape index (κ1) is 21.3. The molecule has 1 amide bonds. The predicted octanol–water partition coefficient (Wildman–Crippen LogP) is 3.45. The number of hydrogen-bond acceptors (Lipinski definition) is 6. The molecule has 0 bridgehead atoms. The number of halogens is 1. The lowest BCUT2D eigenvalue weighted by Crippen LogP contribution is -2.24. The Morgan fingerprint density at radius 2 is 1.93 bits per heavy atom. The molecule has 2 N–H and O–H groups in total. The van der Waals surface area contributed by atoms with E-state index in [2.05, 4.69) is 15.1 Å². The van der Waals surface area contributed by atoms with Gasteiger partial charge in [-0.3, -0.25) is 24.3 Å². The number of rotatable bonds is 7. The van der Waals surface area contributed by atoms with Crippen molar-refractivity contribution in [1.82, 2.24) is 9.78 Å². The van der Waals surface area contributed by atoms with Crippen molar-refractivity contribution in [2.75, 3.05) is 10.0 Å². The second kappa shape index (κ2) is 8.51. The molecule has 156 valence electrons. The average molecular weight is 450 g/mol. The maximum absolute atomic E-state index is 12.6. The minimum atomic E-state index is -4.12. The van der Waals surface area contributed by atoms with Crippen LogP contribution in [0, 0.1) is 10.1 Å². The van der Waals surface area contributed by atoms with Crippen LogP contribution in [0.3, 0.4) is 0 Å². The van der Waals surface area contributed by atoms with E-state index in [-0.39, 0.29) is 21.5 Å². The van der Waals surface area contributed by atoms with Gasteiger partial charge in [-0.25, -0.2) is 8.42 Å². The van der Waals surface area contributed by atoms with Crippen molar-refractivity contribution in [3.8, 4) is 0 Å². The zero-order valence-corrected chi connectivity index (χ0v) is 17.1. The molecular formula is C18H16ClN5O5S. The molecule has 0 saturated carbocycles. The molecule has 3 aromatic rings. The number of amides is 1. The number of anilines is 2. The summed E-state index contributed by atoms with van der Waals surface area (Å²) in [6.07, 6.45) is 3.21. The smallest absolute Gasteiger partial charge is 0.289 e. The highest BCUT2D eigenvalue weighted by atomic mass is 35.5. The monoisotopic (exact) mass is 449 g/mol. The van der Waals surface area contributed by atoms with Gasteiger partial charge in [0.25, 0.3) is 15.7 Å². The Hall–Kier alpha value is -3.44. The second-order valence-electron chi connectivity index (χ2n) is 6.21. The van der Waals surface area contributed by atoms with Gasteiger partial charge in [-0.15, -0.1) is 0 Å². The number of nitro benzene ring substituents is 1. The molecule has 0 aliphatic carbocycles. The number of nitro groups is 1. The highest BCUT2D eigenvalue weighted by Crippen LogP contribution is 2.28. The molecule has 30 heavy (non-hydrogen) atoms. The van der Waals surface area contributed by atoms with E-state index in [4.69, 9.17) is 11.6 Å². The number of carbonyl (C=O) groups is 1. The van der Waals surface area contributed by atoms with Gasteiger partial charge in [0.1, 0.15) is 11.1 Å². The summed E-state index contributed by atoms with van der Waals surface area (Å²) in [5.74, 6) is -0.341. The molecule has 1 atom stereocenters. The molecule has 0 aliphatic rings. The number of nitrogens with zero attached hydrogens (tertiary/aromatic N) is 3. The number of nitrogens with one attached hydrogen (secondary N) is 2. The molecule has 0 fully saturated rings. The van der Waals surface area contributed by atoms with Gasteiger partial charge in [0.2, 0.25) is 5.91 Å². The lowest BCUT2D eigenvalue weighted by molar-refractivity contribution is -0.384. The number of hydrogen-bond donors (Lipinski definition) is 2. The molecule has 3 rings (SSSR count). The van der Waals surface area contributed by atoms with E-state index in [0.29, 0.717) is 5.69 Å². The quantitative estimate of drug-likeness (QED) is 0.418. The Morgan fingerprint density at radius 1 is 1.20 bits per heavy atom. The third-order valence-electron chi connectivity index (χ3n) is 4.11. The van der Waals surface area contributed by atoms with Gasteiger partial charge in [0.15, 0.2) is 0 Å².